The summed E-state index contributed by atoms with van der Waals surface area (Å²) in [7, 11) is 5.89. The molecule has 0 aliphatic heterocycles. The molecular weight excluding hydrogens is 379 g/mol. The molecule has 0 radical (unpaired) electrons. The monoisotopic (exact) mass is 402 g/mol. The van der Waals surface area contributed by atoms with Crippen molar-refractivity contribution >= 4 is 29.9 Å². The summed E-state index contributed by atoms with van der Waals surface area (Å²) in [6.07, 6.45) is 5.80. The van der Waals surface area contributed by atoms with Gasteiger partial charge in [0.05, 0.1) is 13.1 Å². The van der Waals surface area contributed by atoms with E-state index in [-0.39, 0.29) is 24.0 Å². The Bertz CT molecular complexity index is 546. The second-order valence-electron chi connectivity index (χ2n) is 4.71. The normalized spacial score (nSPS) is 11.1. The molecule has 0 fully saturated rings. The van der Waals surface area contributed by atoms with Crippen LogP contribution in [0.3, 0.4) is 0 Å². The predicted octanol–water partition coefficient (Wildman–Crippen LogP) is 1.55. The quantitative estimate of drug-likeness (QED) is 0.469. The first-order valence-corrected chi connectivity index (χ1v) is 6.70. The van der Waals surface area contributed by atoms with Crippen LogP contribution in [0.5, 0.6) is 0 Å². The van der Waals surface area contributed by atoms with Gasteiger partial charge in [-0.3, -0.25) is 9.67 Å². The van der Waals surface area contributed by atoms with E-state index in [9.17, 15) is 0 Å². The fourth-order valence-electron chi connectivity index (χ4n) is 2.08. The highest BCUT2D eigenvalue weighted by molar-refractivity contribution is 14.0. The van der Waals surface area contributed by atoms with Crippen molar-refractivity contribution in [2.45, 2.75) is 13.1 Å². The Balaban J connectivity index is 0.00000220. The van der Waals surface area contributed by atoms with Crippen molar-refractivity contribution in [2.75, 3.05) is 20.6 Å². The van der Waals surface area contributed by atoms with Crippen LogP contribution in [0.2, 0.25) is 0 Å². The van der Waals surface area contributed by atoms with Gasteiger partial charge in [-0.25, -0.2) is 0 Å². The lowest BCUT2D eigenvalue weighted by Gasteiger charge is -2.22. The molecule has 0 amide bonds. The standard InChI is InChI=1S/C14H22N6.HI/c1-15-14(16-8-11-20-10-5-7-17-20)19(3)12-13-6-4-9-18(13)2;/h4-7,9-10H,8,11-12H2,1-3H3,(H,15,16);1H. The van der Waals surface area contributed by atoms with Gasteiger partial charge in [0.1, 0.15) is 0 Å². The topological polar surface area (TPSA) is 50.4 Å². The van der Waals surface area contributed by atoms with Gasteiger partial charge in [-0.05, 0) is 18.2 Å². The van der Waals surface area contributed by atoms with Gasteiger partial charge in [-0.2, -0.15) is 5.10 Å². The molecule has 116 valence electrons. The van der Waals surface area contributed by atoms with Crippen molar-refractivity contribution in [2.24, 2.45) is 12.0 Å². The van der Waals surface area contributed by atoms with Crippen LogP contribution >= 0.6 is 24.0 Å². The number of nitrogens with one attached hydrogen (secondary N) is 1. The van der Waals surface area contributed by atoms with Crippen LogP contribution in [-0.4, -0.2) is 45.8 Å². The Labute approximate surface area is 142 Å². The fraction of sp³-hybridized carbons (Fsp3) is 0.429. The van der Waals surface area contributed by atoms with Gasteiger partial charge < -0.3 is 14.8 Å². The Kier molecular flexibility index (Phi) is 7.27. The largest absolute Gasteiger partial charge is 0.354 e. The minimum atomic E-state index is 0. The molecule has 0 unspecified atom stereocenters. The Morgan fingerprint density at radius 1 is 1.38 bits per heavy atom. The SMILES string of the molecule is CN=C(NCCn1cccn1)N(C)Cc1cccn1C.I. The number of halogens is 1. The van der Waals surface area contributed by atoms with Crippen LogP contribution in [0.25, 0.3) is 0 Å². The number of hydrogen-bond acceptors (Lipinski definition) is 2. The first kappa shape index (κ1) is 17.5. The van der Waals surface area contributed by atoms with Gasteiger partial charge in [0.2, 0.25) is 0 Å². The number of rotatable bonds is 5. The van der Waals surface area contributed by atoms with E-state index < -0.39 is 0 Å². The maximum atomic E-state index is 4.31. The van der Waals surface area contributed by atoms with Crippen LogP contribution in [0.15, 0.2) is 41.8 Å². The molecule has 2 heterocycles. The van der Waals surface area contributed by atoms with E-state index in [1.807, 2.05) is 24.0 Å². The van der Waals surface area contributed by atoms with Crippen LogP contribution in [-0.2, 0) is 20.1 Å². The van der Waals surface area contributed by atoms with E-state index in [0.29, 0.717) is 0 Å². The number of hydrogen-bond donors (Lipinski definition) is 1. The maximum absolute atomic E-state index is 4.31. The van der Waals surface area contributed by atoms with E-state index >= 15 is 0 Å². The van der Waals surface area contributed by atoms with E-state index in [1.165, 1.54) is 5.69 Å². The summed E-state index contributed by atoms with van der Waals surface area (Å²) in [5.41, 5.74) is 1.25. The van der Waals surface area contributed by atoms with Crippen LogP contribution in [0.1, 0.15) is 5.69 Å². The van der Waals surface area contributed by atoms with Gasteiger partial charge in [0, 0.05) is 52.0 Å². The van der Waals surface area contributed by atoms with Crippen molar-refractivity contribution in [3.8, 4) is 0 Å². The average molecular weight is 402 g/mol. The first-order valence-electron chi connectivity index (χ1n) is 6.70. The smallest absolute Gasteiger partial charge is 0.193 e. The average Bonchev–Trinajstić information content (AvgIpc) is 3.07. The lowest BCUT2D eigenvalue weighted by atomic mass is 10.4. The van der Waals surface area contributed by atoms with Crippen LogP contribution in [0.4, 0.5) is 0 Å². The Morgan fingerprint density at radius 2 is 2.19 bits per heavy atom. The number of aromatic nitrogens is 3. The van der Waals surface area contributed by atoms with Gasteiger partial charge in [0.15, 0.2) is 5.96 Å². The summed E-state index contributed by atoms with van der Waals surface area (Å²) in [6, 6.07) is 6.10. The molecule has 2 rings (SSSR count). The second kappa shape index (κ2) is 8.71. The molecule has 0 bridgehead atoms. The van der Waals surface area contributed by atoms with E-state index in [4.69, 9.17) is 0 Å². The molecule has 0 aromatic carbocycles. The molecule has 0 atom stereocenters. The van der Waals surface area contributed by atoms with E-state index in [0.717, 1.165) is 25.6 Å². The molecule has 0 aliphatic carbocycles. The molecule has 6 nitrogen and oxygen atoms in total. The molecule has 21 heavy (non-hydrogen) atoms. The van der Waals surface area contributed by atoms with Crippen molar-refractivity contribution in [1.29, 1.82) is 0 Å². The maximum Gasteiger partial charge on any atom is 0.193 e. The van der Waals surface area contributed by atoms with Crippen molar-refractivity contribution in [3.63, 3.8) is 0 Å². The third kappa shape index (κ3) is 5.07. The van der Waals surface area contributed by atoms with Gasteiger partial charge in [-0.1, -0.05) is 0 Å². The fourth-order valence-corrected chi connectivity index (χ4v) is 2.08. The molecule has 0 saturated heterocycles. The van der Waals surface area contributed by atoms with Crippen LogP contribution in [0, 0.1) is 0 Å². The predicted molar refractivity (Wildman–Crippen MR) is 95.9 cm³/mol. The molecule has 0 spiro atoms. The highest BCUT2D eigenvalue weighted by Gasteiger charge is 2.07. The zero-order valence-corrected chi connectivity index (χ0v) is 15.1. The Morgan fingerprint density at radius 3 is 2.76 bits per heavy atom. The second-order valence-corrected chi connectivity index (χ2v) is 4.71. The molecule has 2 aromatic heterocycles. The summed E-state index contributed by atoms with van der Waals surface area (Å²) < 4.78 is 4.02. The lowest BCUT2D eigenvalue weighted by Crippen LogP contribution is -2.40. The van der Waals surface area contributed by atoms with Crippen LogP contribution < -0.4 is 5.32 Å². The summed E-state index contributed by atoms with van der Waals surface area (Å²) >= 11 is 0. The molecule has 2 aromatic rings. The molecular formula is C14H23IN6. The minimum absolute atomic E-state index is 0. The van der Waals surface area contributed by atoms with Crippen molar-refractivity contribution in [1.82, 2.24) is 24.6 Å². The van der Waals surface area contributed by atoms with E-state index in [2.05, 4.69) is 50.3 Å². The number of aryl methyl sites for hydroxylation is 1. The zero-order chi connectivity index (χ0) is 14.4. The molecule has 1 N–H and O–H groups in total. The summed E-state index contributed by atoms with van der Waals surface area (Å²) in [4.78, 5) is 6.42. The Hall–Kier alpha value is -1.51. The summed E-state index contributed by atoms with van der Waals surface area (Å²) in [5.74, 6) is 0.887. The molecule has 7 heteroatoms. The molecule has 0 aliphatic rings. The van der Waals surface area contributed by atoms with Gasteiger partial charge in [0.25, 0.3) is 0 Å². The lowest BCUT2D eigenvalue weighted by molar-refractivity contribution is 0.457. The number of nitrogens with zero attached hydrogens (tertiary/aromatic N) is 5. The summed E-state index contributed by atoms with van der Waals surface area (Å²) in [5, 5.41) is 7.52. The van der Waals surface area contributed by atoms with E-state index in [1.54, 1.807) is 13.2 Å². The molecule has 0 saturated carbocycles. The third-order valence-electron chi connectivity index (χ3n) is 3.21. The first-order chi connectivity index (χ1) is 9.70. The highest BCUT2D eigenvalue weighted by atomic mass is 127. The highest BCUT2D eigenvalue weighted by Crippen LogP contribution is 2.03. The van der Waals surface area contributed by atoms with Crippen molar-refractivity contribution in [3.05, 3.63) is 42.5 Å². The van der Waals surface area contributed by atoms with Crippen molar-refractivity contribution < 1.29 is 0 Å². The van der Waals surface area contributed by atoms with Gasteiger partial charge in [-0.15, -0.1) is 24.0 Å². The minimum Gasteiger partial charge on any atom is -0.354 e. The number of aliphatic imine (C=N–C) groups is 1. The summed E-state index contributed by atoms with van der Waals surface area (Å²) in [6.45, 7) is 2.45. The number of guanidine groups is 1. The zero-order valence-electron chi connectivity index (χ0n) is 12.7. The van der Waals surface area contributed by atoms with Gasteiger partial charge >= 0.3 is 0 Å². The third-order valence-corrected chi connectivity index (χ3v) is 3.21.